The highest BCUT2D eigenvalue weighted by molar-refractivity contribution is 7.99. The van der Waals surface area contributed by atoms with Crippen LogP contribution in [0.3, 0.4) is 0 Å². The predicted molar refractivity (Wildman–Crippen MR) is 138 cm³/mol. The van der Waals surface area contributed by atoms with Gasteiger partial charge in [-0.05, 0) is 52.5 Å². The molecule has 3 rings (SSSR count). The van der Waals surface area contributed by atoms with Gasteiger partial charge in [-0.3, -0.25) is 0 Å². The van der Waals surface area contributed by atoms with Crippen LogP contribution >= 0.6 is 23.1 Å². The largest absolute Gasteiger partial charge is 0.491 e. The molecule has 0 aliphatic carbocycles. The van der Waals surface area contributed by atoms with Gasteiger partial charge in [0.25, 0.3) is 0 Å². The molecule has 0 N–H and O–H groups in total. The Hall–Kier alpha value is -1.27. The van der Waals surface area contributed by atoms with E-state index in [2.05, 4.69) is 82.6 Å². The van der Waals surface area contributed by atoms with E-state index in [-0.39, 0.29) is 12.2 Å². The molecule has 1 aromatic carbocycles. The maximum atomic E-state index is 6.15. The molecule has 1 aromatic heterocycles. The van der Waals surface area contributed by atoms with Gasteiger partial charge in [-0.1, -0.05) is 59.2 Å². The minimum Gasteiger partial charge on any atom is -0.491 e. The number of hydrogen-bond acceptors (Lipinski definition) is 5. The van der Waals surface area contributed by atoms with E-state index in [0.717, 1.165) is 18.1 Å². The predicted octanol–water partition coefficient (Wildman–Crippen LogP) is 7.42. The number of allylic oxidation sites excluding steroid dienone is 2. The van der Waals surface area contributed by atoms with Crippen molar-refractivity contribution < 1.29 is 14.2 Å². The Morgan fingerprint density at radius 3 is 2.25 bits per heavy atom. The van der Waals surface area contributed by atoms with Crippen LogP contribution in [0.2, 0.25) is 0 Å². The van der Waals surface area contributed by atoms with Crippen LogP contribution in [0, 0.1) is 17.8 Å². The van der Waals surface area contributed by atoms with Crippen LogP contribution in [0.5, 0.6) is 5.75 Å². The molecule has 176 valence electrons. The second kappa shape index (κ2) is 12.3. The van der Waals surface area contributed by atoms with E-state index in [1.54, 1.807) is 16.9 Å². The number of hydrogen-bond donors (Lipinski definition) is 0. The summed E-state index contributed by atoms with van der Waals surface area (Å²) in [4.78, 5) is 1.29. The molecule has 2 atom stereocenters. The zero-order valence-corrected chi connectivity index (χ0v) is 21.9. The van der Waals surface area contributed by atoms with Crippen LogP contribution in [-0.4, -0.2) is 37.8 Å². The molecular formula is C27H38O3S2. The van der Waals surface area contributed by atoms with Gasteiger partial charge in [-0.25, -0.2) is 0 Å². The van der Waals surface area contributed by atoms with Crippen molar-refractivity contribution >= 4 is 28.7 Å². The summed E-state index contributed by atoms with van der Waals surface area (Å²) in [6, 6.07) is 10.8. The van der Waals surface area contributed by atoms with Gasteiger partial charge in [0.1, 0.15) is 24.6 Å². The van der Waals surface area contributed by atoms with Crippen molar-refractivity contribution in [3.05, 3.63) is 52.2 Å². The number of rotatable bonds is 13. The molecule has 2 aromatic rings. The summed E-state index contributed by atoms with van der Waals surface area (Å²) < 4.78 is 17.5. The van der Waals surface area contributed by atoms with Crippen LogP contribution in [-0.2, 0) is 9.47 Å². The number of ether oxygens (including phenoxy) is 3. The first-order valence-corrected chi connectivity index (χ1v) is 13.6. The smallest absolute Gasteiger partial charge is 0.119 e. The molecule has 2 unspecified atom stereocenters. The zero-order chi connectivity index (χ0) is 23.1. The zero-order valence-electron chi connectivity index (χ0n) is 20.3. The number of benzene rings is 1. The topological polar surface area (TPSA) is 31.0 Å². The monoisotopic (exact) mass is 474 g/mol. The summed E-state index contributed by atoms with van der Waals surface area (Å²) in [6.07, 6.45) is 0.295. The molecule has 0 bridgehead atoms. The summed E-state index contributed by atoms with van der Waals surface area (Å²) in [5.74, 6) is 3.32. The number of epoxide rings is 1. The lowest BCUT2D eigenvalue weighted by Crippen LogP contribution is -2.26. The maximum Gasteiger partial charge on any atom is 0.119 e. The van der Waals surface area contributed by atoms with Crippen molar-refractivity contribution in [2.24, 2.45) is 17.8 Å². The SMILES string of the molecule is CC(C)C(=C(C(C)C)C(C)C)c1ccc(OCC(CSc2ccsc2)OCC2CO2)cc1. The molecule has 1 saturated heterocycles. The maximum absolute atomic E-state index is 6.15. The van der Waals surface area contributed by atoms with Gasteiger partial charge in [-0.2, -0.15) is 11.3 Å². The van der Waals surface area contributed by atoms with Gasteiger partial charge in [0.05, 0.1) is 13.2 Å². The van der Waals surface area contributed by atoms with Crippen LogP contribution in [0.1, 0.15) is 47.1 Å². The molecule has 3 nitrogen and oxygen atoms in total. The summed E-state index contributed by atoms with van der Waals surface area (Å²) in [7, 11) is 0. The van der Waals surface area contributed by atoms with Gasteiger partial charge in [-0.15, -0.1) is 11.8 Å². The molecule has 2 heterocycles. The third-order valence-corrected chi connectivity index (χ3v) is 7.54. The molecule has 0 amide bonds. The lowest BCUT2D eigenvalue weighted by molar-refractivity contribution is 0.0270. The second-order valence-corrected chi connectivity index (χ2v) is 11.2. The van der Waals surface area contributed by atoms with E-state index < -0.39 is 0 Å². The Bertz CT molecular complexity index is 824. The molecule has 0 saturated carbocycles. The van der Waals surface area contributed by atoms with Gasteiger partial charge in [0.15, 0.2) is 0 Å². The lowest BCUT2D eigenvalue weighted by Gasteiger charge is -2.25. The molecular weight excluding hydrogens is 436 g/mol. The highest BCUT2D eigenvalue weighted by Gasteiger charge is 2.25. The quantitative estimate of drug-likeness (QED) is 0.223. The normalized spacial score (nSPS) is 16.6. The van der Waals surface area contributed by atoms with Crippen molar-refractivity contribution in [2.45, 2.75) is 58.6 Å². The lowest BCUT2D eigenvalue weighted by atomic mass is 9.81. The van der Waals surface area contributed by atoms with E-state index in [4.69, 9.17) is 14.2 Å². The average Bonchev–Trinajstić information content (AvgIpc) is 3.43. The Labute approximate surface area is 202 Å². The Morgan fingerprint density at radius 2 is 1.72 bits per heavy atom. The molecule has 5 heteroatoms. The fourth-order valence-electron chi connectivity index (χ4n) is 4.12. The van der Waals surface area contributed by atoms with Crippen molar-refractivity contribution in [1.82, 2.24) is 0 Å². The molecule has 0 spiro atoms. The highest BCUT2D eigenvalue weighted by atomic mass is 32.2. The van der Waals surface area contributed by atoms with Gasteiger partial charge < -0.3 is 14.2 Å². The van der Waals surface area contributed by atoms with E-state index in [1.165, 1.54) is 16.0 Å². The Balaban J connectivity index is 1.64. The third kappa shape index (κ3) is 7.65. The van der Waals surface area contributed by atoms with Crippen LogP contribution in [0.4, 0.5) is 0 Å². The van der Waals surface area contributed by atoms with E-state index in [9.17, 15) is 0 Å². The molecule has 1 aliphatic rings. The van der Waals surface area contributed by atoms with Gasteiger partial charge >= 0.3 is 0 Å². The minimum atomic E-state index is 0.0309. The fraction of sp³-hybridized carbons (Fsp3) is 0.556. The Kier molecular flexibility index (Phi) is 9.72. The molecule has 1 fully saturated rings. The Morgan fingerprint density at radius 1 is 1.03 bits per heavy atom. The fourth-order valence-corrected chi connectivity index (χ4v) is 5.89. The van der Waals surface area contributed by atoms with E-state index in [0.29, 0.717) is 31.0 Å². The average molecular weight is 475 g/mol. The third-order valence-electron chi connectivity index (χ3n) is 5.58. The highest BCUT2D eigenvalue weighted by Crippen LogP contribution is 2.35. The summed E-state index contributed by atoms with van der Waals surface area (Å²) in [5.41, 5.74) is 4.32. The molecule has 1 aliphatic heterocycles. The minimum absolute atomic E-state index is 0.0309. The van der Waals surface area contributed by atoms with Crippen molar-refractivity contribution in [3.63, 3.8) is 0 Å². The van der Waals surface area contributed by atoms with Crippen molar-refractivity contribution in [3.8, 4) is 5.75 Å². The van der Waals surface area contributed by atoms with Crippen molar-refractivity contribution in [2.75, 3.05) is 25.6 Å². The van der Waals surface area contributed by atoms with Crippen LogP contribution in [0.15, 0.2) is 51.6 Å². The van der Waals surface area contributed by atoms with Gasteiger partial charge in [0.2, 0.25) is 0 Å². The number of thioether (sulfide) groups is 1. The number of thiophene rings is 1. The first kappa shape index (κ1) is 25.4. The van der Waals surface area contributed by atoms with Crippen LogP contribution in [0.25, 0.3) is 5.57 Å². The second-order valence-electron chi connectivity index (χ2n) is 9.35. The standard InChI is InChI=1S/C27H38O3S2/c1-18(2)26(19(3)4)27(20(5)6)21-7-9-22(10-8-21)28-15-24(30-14-23-13-29-23)16-32-25-11-12-31-17-25/h7-12,17-20,23-24H,13-16H2,1-6H3. The first-order valence-electron chi connectivity index (χ1n) is 11.7. The van der Waals surface area contributed by atoms with Crippen LogP contribution < -0.4 is 4.74 Å². The summed E-state index contributed by atoms with van der Waals surface area (Å²) in [6.45, 7) is 15.8. The molecule has 32 heavy (non-hydrogen) atoms. The molecule has 0 radical (unpaired) electrons. The summed E-state index contributed by atoms with van der Waals surface area (Å²) >= 11 is 3.54. The van der Waals surface area contributed by atoms with E-state index in [1.807, 2.05) is 11.8 Å². The van der Waals surface area contributed by atoms with Crippen molar-refractivity contribution in [1.29, 1.82) is 0 Å². The summed E-state index contributed by atoms with van der Waals surface area (Å²) in [5, 5.41) is 4.28. The first-order chi connectivity index (χ1) is 15.3. The van der Waals surface area contributed by atoms with Gasteiger partial charge in [0, 0.05) is 16.0 Å². The van der Waals surface area contributed by atoms with E-state index >= 15 is 0 Å².